The molecule has 3 aromatic rings. The number of carboxylic acid groups (broad SMARTS) is 1. The molecule has 0 radical (unpaired) electrons. The van der Waals surface area contributed by atoms with Gasteiger partial charge in [0.2, 0.25) is 0 Å². The van der Waals surface area contributed by atoms with Crippen LogP contribution in [0.3, 0.4) is 0 Å². The molecule has 6 nitrogen and oxygen atoms in total. The molecule has 0 aliphatic heterocycles. The number of hydrogen-bond donors (Lipinski definition) is 2. The van der Waals surface area contributed by atoms with Gasteiger partial charge in [0.1, 0.15) is 22.5 Å². The highest BCUT2D eigenvalue weighted by atomic mass is 16.4. The smallest absolute Gasteiger partial charge is 0.335 e. The molecule has 0 saturated heterocycles. The van der Waals surface area contributed by atoms with Crippen molar-refractivity contribution in [3.8, 4) is 11.4 Å². The van der Waals surface area contributed by atoms with E-state index < -0.39 is 5.97 Å². The number of aromatic hydroxyl groups is 1. The average Bonchev–Trinajstić information content (AvgIpc) is 2.85. The van der Waals surface area contributed by atoms with Crippen molar-refractivity contribution < 1.29 is 15.0 Å². The second kappa shape index (κ2) is 4.59. The largest absolute Gasteiger partial charge is 0.506 e. The molecule has 0 atom stereocenters. The number of phenolic OH excluding ortho intramolecular Hbond substituents is 1. The van der Waals surface area contributed by atoms with Crippen LogP contribution in [0.5, 0.6) is 5.75 Å². The first-order valence-corrected chi connectivity index (χ1v) is 6.36. The second-order valence-electron chi connectivity index (χ2n) is 4.92. The molecule has 0 spiro atoms. The molecule has 0 fully saturated rings. The van der Waals surface area contributed by atoms with Gasteiger partial charge in [-0.05, 0) is 55.3 Å². The minimum atomic E-state index is -1.01. The van der Waals surface area contributed by atoms with E-state index in [1.807, 2.05) is 13.8 Å². The second-order valence-corrected chi connectivity index (χ2v) is 4.92. The van der Waals surface area contributed by atoms with Gasteiger partial charge < -0.3 is 10.2 Å². The zero-order valence-corrected chi connectivity index (χ0v) is 11.5. The summed E-state index contributed by atoms with van der Waals surface area (Å²) in [5.74, 6) is -0.933. The van der Waals surface area contributed by atoms with Crippen molar-refractivity contribution in [2.45, 2.75) is 13.8 Å². The standard InChI is InChI=1S/C15H13N3O3/c1-8-5-13(14(19)6-9(8)2)18-16-11-4-3-10(15(20)21)7-12(11)17-18/h3-7,19H,1-2H3,(H,20,21). The first kappa shape index (κ1) is 13.1. The van der Waals surface area contributed by atoms with Crippen molar-refractivity contribution in [3.05, 3.63) is 47.0 Å². The highest BCUT2D eigenvalue weighted by molar-refractivity contribution is 5.92. The van der Waals surface area contributed by atoms with Gasteiger partial charge in [-0.15, -0.1) is 15.0 Å². The predicted octanol–water partition coefficient (Wildman–Crippen LogP) is 2.44. The molecule has 2 N–H and O–H groups in total. The Morgan fingerprint density at radius 2 is 1.71 bits per heavy atom. The first-order chi connectivity index (χ1) is 9.95. The van der Waals surface area contributed by atoms with Crippen molar-refractivity contribution in [1.82, 2.24) is 15.0 Å². The lowest BCUT2D eigenvalue weighted by Crippen LogP contribution is -2.00. The summed E-state index contributed by atoms with van der Waals surface area (Å²) in [5.41, 5.74) is 3.63. The number of benzene rings is 2. The Labute approximate surface area is 120 Å². The lowest BCUT2D eigenvalue weighted by Gasteiger charge is -2.06. The van der Waals surface area contributed by atoms with Crippen LogP contribution in [0.1, 0.15) is 21.5 Å². The Morgan fingerprint density at radius 3 is 2.43 bits per heavy atom. The third kappa shape index (κ3) is 2.20. The number of aromatic nitrogens is 3. The molecule has 0 bridgehead atoms. The topological polar surface area (TPSA) is 88.2 Å². The molecule has 0 aliphatic carbocycles. The fraction of sp³-hybridized carbons (Fsp3) is 0.133. The van der Waals surface area contributed by atoms with E-state index >= 15 is 0 Å². The molecule has 1 heterocycles. The fourth-order valence-corrected chi connectivity index (χ4v) is 2.10. The van der Waals surface area contributed by atoms with Crippen LogP contribution in [0, 0.1) is 13.8 Å². The lowest BCUT2D eigenvalue weighted by molar-refractivity contribution is 0.0697. The maximum atomic E-state index is 11.0. The number of rotatable bonds is 2. The van der Waals surface area contributed by atoms with Crippen molar-refractivity contribution in [2.75, 3.05) is 0 Å². The Kier molecular flexibility index (Phi) is 2.86. The van der Waals surface area contributed by atoms with E-state index in [-0.39, 0.29) is 11.3 Å². The van der Waals surface area contributed by atoms with E-state index in [9.17, 15) is 9.90 Å². The average molecular weight is 283 g/mol. The Bertz CT molecular complexity index is 868. The zero-order chi connectivity index (χ0) is 15.1. The van der Waals surface area contributed by atoms with Crippen LogP contribution in [-0.2, 0) is 0 Å². The minimum Gasteiger partial charge on any atom is -0.506 e. The van der Waals surface area contributed by atoms with E-state index in [0.29, 0.717) is 16.7 Å². The summed E-state index contributed by atoms with van der Waals surface area (Å²) in [6, 6.07) is 7.98. The molecular formula is C15H13N3O3. The molecule has 0 unspecified atom stereocenters. The molecule has 2 aromatic carbocycles. The van der Waals surface area contributed by atoms with Crippen molar-refractivity contribution >= 4 is 17.0 Å². The molecule has 21 heavy (non-hydrogen) atoms. The van der Waals surface area contributed by atoms with Crippen molar-refractivity contribution in [1.29, 1.82) is 0 Å². The summed E-state index contributed by atoms with van der Waals surface area (Å²) in [6.45, 7) is 3.84. The maximum Gasteiger partial charge on any atom is 0.335 e. The summed E-state index contributed by atoms with van der Waals surface area (Å²) in [4.78, 5) is 12.3. The molecule has 0 saturated carbocycles. The summed E-state index contributed by atoms with van der Waals surface area (Å²) in [5, 5.41) is 27.5. The highest BCUT2D eigenvalue weighted by Gasteiger charge is 2.12. The summed E-state index contributed by atoms with van der Waals surface area (Å²) in [7, 11) is 0. The number of nitrogens with zero attached hydrogens (tertiary/aromatic N) is 3. The summed E-state index contributed by atoms with van der Waals surface area (Å²) >= 11 is 0. The number of hydrogen-bond acceptors (Lipinski definition) is 4. The maximum absolute atomic E-state index is 11.0. The van der Waals surface area contributed by atoms with Crippen molar-refractivity contribution in [3.63, 3.8) is 0 Å². The minimum absolute atomic E-state index is 0.0804. The molecular weight excluding hydrogens is 270 g/mol. The van der Waals surface area contributed by atoms with Gasteiger partial charge in [0, 0.05) is 0 Å². The van der Waals surface area contributed by atoms with Gasteiger partial charge in [-0.1, -0.05) is 0 Å². The normalized spacial score (nSPS) is 11.0. The van der Waals surface area contributed by atoms with Crippen LogP contribution in [0.4, 0.5) is 0 Å². The number of phenols is 1. The number of carboxylic acids is 1. The quantitative estimate of drug-likeness (QED) is 0.754. The van der Waals surface area contributed by atoms with Crippen LogP contribution in [0.25, 0.3) is 16.7 Å². The van der Waals surface area contributed by atoms with Gasteiger partial charge >= 0.3 is 5.97 Å². The molecule has 0 aliphatic rings. The third-order valence-corrected chi connectivity index (χ3v) is 3.43. The molecule has 0 amide bonds. The van der Waals surface area contributed by atoms with E-state index in [0.717, 1.165) is 11.1 Å². The van der Waals surface area contributed by atoms with E-state index in [1.165, 1.54) is 16.9 Å². The molecule has 106 valence electrons. The van der Waals surface area contributed by atoms with Gasteiger partial charge in [-0.3, -0.25) is 0 Å². The van der Waals surface area contributed by atoms with Gasteiger partial charge in [0.05, 0.1) is 5.56 Å². The first-order valence-electron chi connectivity index (χ1n) is 6.36. The fourth-order valence-electron chi connectivity index (χ4n) is 2.10. The number of aromatic carboxylic acids is 1. The summed E-state index contributed by atoms with van der Waals surface area (Å²) < 4.78 is 0. The van der Waals surface area contributed by atoms with Crippen LogP contribution < -0.4 is 0 Å². The van der Waals surface area contributed by atoms with E-state index in [2.05, 4.69) is 10.2 Å². The van der Waals surface area contributed by atoms with E-state index in [1.54, 1.807) is 18.2 Å². The Hall–Kier alpha value is -2.89. The zero-order valence-electron chi connectivity index (χ0n) is 11.5. The predicted molar refractivity (Wildman–Crippen MR) is 77.0 cm³/mol. The van der Waals surface area contributed by atoms with Crippen LogP contribution >= 0.6 is 0 Å². The van der Waals surface area contributed by atoms with Gasteiger partial charge in [-0.2, -0.15) is 0 Å². The Balaban J connectivity index is 2.17. The van der Waals surface area contributed by atoms with Gasteiger partial charge in [0.25, 0.3) is 0 Å². The Morgan fingerprint density at radius 1 is 1.05 bits per heavy atom. The van der Waals surface area contributed by atoms with Crippen LogP contribution in [0.15, 0.2) is 30.3 Å². The van der Waals surface area contributed by atoms with Crippen LogP contribution in [0.2, 0.25) is 0 Å². The summed E-state index contributed by atoms with van der Waals surface area (Å²) in [6.07, 6.45) is 0. The number of fused-ring (bicyclic) bond motifs is 1. The monoisotopic (exact) mass is 283 g/mol. The molecule has 6 heteroatoms. The van der Waals surface area contributed by atoms with Crippen molar-refractivity contribution in [2.24, 2.45) is 0 Å². The number of carbonyl (C=O) groups is 1. The SMILES string of the molecule is Cc1cc(O)c(-n2nc3ccc(C(=O)O)cc3n2)cc1C. The highest BCUT2D eigenvalue weighted by Crippen LogP contribution is 2.25. The number of aryl methyl sites for hydroxylation is 2. The van der Waals surface area contributed by atoms with Gasteiger partial charge in [-0.25, -0.2) is 4.79 Å². The molecule has 3 rings (SSSR count). The van der Waals surface area contributed by atoms with E-state index in [4.69, 9.17) is 5.11 Å². The van der Waals surface area contributed by atoms with Gasteiger partial charge in [0.15, 0.2) is 0 Å². The lowest BCUT2D eigenvalue weighted by atomic mass is 10.1. The molecule has 1 aromatic heterocycles. The van der Waals surface area contributed by atoms with Crippen LogP contribution in [-0.4, -0.2) is 31.2 Å². The third-order valence-electron chi connectivity index (χ3n) is 3.43.